The first-order valence-corrected chi connectivity index (χ1v) is 10.1. The topological polar surface area (TPSA) is 66.4 Å². The molecule has 0 saturated heterocycles. The molecule has 0 radical (unpaired) electrons. The van der Waals surface area contributed by atoms with Crippen molar-refractivity contribution in [3.05, 3.63) is 35.9 Å². The van der Waals surface area contributed by atoms with E-state index in [1.54, 1.807) is 13.8 Å². The van der Waals surface area contributed by atoms with E-state index in [-0.39, 0.29) is 5.92 Å². The number of hydrogen-bond acceptors (Lipinski definition) is 3. The number of aliphatic hydroxyl groups is 1. The van der Waals surface area contributed by atoms with E-state index in [0.717, 1.165) is 31.2 Å². The van der Waals surface area contributed by atoms with Crippen LogP contribution in [0.25, 0.3) is 0 Å². The maximum absolute atomic E-state index is 11.9. The summed E-state index contributed by atoms with van der Waals surface area (Å²) in [7, 11) is -3.20. The van der Waals surface area contributed by atoms with Crippen LogP contribution in [0.1, 0.15) is 52.0 Å². The molecule has 0 heterocycles. The Morgan fingerprint density at radius 2 is 1.74 bits per heavy atom. The highest BCUT2D eigenvalue weighted by Gasteiger charge is 2.36. The van der Waals surface area contributed by atoms with E-state index in [0.29, 0.717) is 12.5 Å². The van der Waals surface area contributed by atoms with Crippen molar-refractivity contribution in [2.45, 2.75) is 57.3 Å². The predicted octanol–water partition coefficient (Wildman–Crippen LogP) is 3.03. The third-order valence-electron chi connectivity index (χ3n) is 5.20. The van der Waals surface area contributed by atoms with Gasteiger partial charge in [-0.3, -0.25) is 0 Å². The van der Waals surface area contributed by atoms with Crippen LogP contribution in [0.5, 0.6) is 0 Å². The van der Waals surface area contributed by atoms with Gasteiger partial charge in [0.05, 0.1) is 10.9 Å². The van der Waals surface area contributed by atoms with E-state index >= 15 is 0 Å². The fraction of sp³-hybridized carbons (Fsp3) is 0.667. The summed E-state index contributed by atoms with van der Waals surface area (Å²) in [4.78, 5) is 0. The highest BCUT2D eigenvalue weighted by Crippen LogP contribution is 2.41. The summed E-state index contributed by atoms with van der Waals surface area (Å²) in [6, 6.07) is 9.86. The second kappa shape index (κ2) is 7.32. The van der Waals surface area contributed by atoms with Gasteiger partial charge in [0.1, 0.15) is 0 Å². The molecule has 2 rings (SSSR count). The molecule has 130 valence electrons. The maximum atomic E-state index is 11.9. The first-order valence-electron chi connectivity index (χ1n) is 8.51. The van der Waals surface area contributed by atoms with Gasteiger partial charge in [-0.1, -0.05) is 37.3 Å². The van der Waals surface area contributed by atoms with Crippen molar-refractivity contribution in [3.63, 3.8) is 0 Å². The average Bonchev–Trinajstić information content (AvgIpc) is 2.54. The Bertz CT molecular complexity index is 590. The molecular weight excluding hydrogens is 310 g/mol. The van der Waals surface area contributed by atoms with Crippen LogP contribution in [0.3, 0.4) is 0 Å². The molecule has 5 heteroatoms. The predicted molar refractivity (Wildman–Crippen MR) is 93.5 cm³/mol. The van der Waals surface area contributed by atoms with E-state index in [1.807, 2.05) is 30.3 Å². The van der Waals surface area contributed by atoms with Gasteiger partial charge in [0, 0.05) is 6.54 Å². The Morgan fingerprint density at radius 1 is 1.17 bits per heavy atom. The van der Waals surface area contributed by atoms with Crippen molar-refractivity contribution in [2.24, 2.45) is 11.8 Å². The standard InChI is InChI=1S/C18H29NO3S/c1-14(2)23(21,22)19-13-15(3)16-9-11-18(20,12-10-16)17-7-5-4-6-8-17/h4-8,14-16,19-20H,9-13H2,1-3H3. The highest BCUT2D eigenvalue weighted by molar-refractivity contribution is 7.90. The van der Waals surface area contributed by atoms with Crippen molar-refractivity contribution in [1.29, 1.82) is 0 Å². The number of benzene rings is 1. The molecule has 0 spiro atoms. The third kappa shape index (κ3) is 4.55. The van der Waals surface area contributed by atoms with Gasteiger partial charge in [-0.2, -0.15) is 0 Å². The van der Waals surface area contributed by atoms with Gasteiger partial charge in [-0.15, -0.1) is 0 Å². The minimum atomic E-state index is -3.20. The van der Waals surface area contributed by atoms with Crippen LogP contribution in [-0.4, -0.2) is 25.3 Å². The fourth-order valence-corrected chi connectivity index (χ4v) is 4.13. The Balaban J connectivity index is 1.89. The molecule has 1 aliphatic carbocycles. The van der Waals surface area contributed by atoms with Crippen molar-refractivity contribution >= 4 is 10.0 Å². The van der Waals surface area contributed by atoms with Crippen molar-refractivity contribution < 1.29 is 13.5 Å². The molecule has 0 amide bonds. The van der Waals surface area contributed by atoms with E-state index in [2.05, 4.69) is 11.6 Å². The van der Waals surface area contributed by atoms with Crippen LogP contribution in [0.4, 0.5) is 0 Å². The summed E-state index contributed by atoms with van der Waals surface area (Å²) in [6.07, 6.45) is 3.33. The lowest BCUT2D eigenvalue weighted by Gasteiger charge is -2.38. The normalized spacial score (nSPS) is 27.1. The Morgan fingerprint density at radius 3 is 2.26 bits per heavy atom. The van der Waals surface area contributed by atoms with Crippen LogP contribution >= 0.6 is 0 Å². The zero-order chi connectivity index (χ0) is 17.1. The smallest absolute Gasteiger partial charge is 0.213 e. The highest BCUT2D eigenvalue weighted by atomic mass is 32.2. The molecule has 1 atom stereocenters. The lowest BCUT2D eigenvalue weighted by atomic mass is 9.71. The molecule has 1 unspecified atom stereocenters. The van der Waals surface area contributed by atoms with Gasteiger partial charge >= 0.3 is 0 Å². The first-order chi connectivity index (χ1) is 10.7. The first kappa shape index (κ1) is 18.4. The molecule has 4 nitrogen and oxygen atoms in total. The average molecular weight is 340 g/mol. The lowest BCUT2D eigenvalue weighted by molar-refractivity contribution is -0.0207. The molecule has 0 aliphatic heterocycles. The largest absolute Gasteiger partial charge is 0.385 e. The van der Waals surface area contributed by atoms with Crippen LogP contribution in [0.2, 0.25) is 0 Å². The molecular formula is C18H29NO3S. The minimum Gasteiger partial charge on any atom is -0.385 e. The second-order valence-electron chi connectivity index (χ2n) is 7.15. The van der Waals surface area contributed by atoms with Gasteiger partial charge in [0.2, 0.25) is 10.0 Å². The van der Waals surface area contributed by atoms with Gasteiger partial charge in [-0.25, -0.2) is 13.1 Å². The van der Waals surface area contributed by atoms with Gasteiger partial charge in [-0.05, 0) is 56.9 Å². The molecule has 23 heavy (non-hydrogen) atoms. The molecule has 0 aromatic heterocycles. The third-order valence-corrected chi connectivity index (χ3v) is 7.01. The van der Waals surface area contributed by atoms with Crippen molar-refractivity contribution in [3.8, 4) is 0 Å². The van der Waals surface area contributed by atoms with E-state index < -0.39 is 20.9 Å². The summed E-state index contributed by atoms with van der Waals surface area (Å²) in [6.45, 7) is 5.95. The molecule has 1 aliphatic rings. The number of nitrogens with one attached hydrogen (secondary N) is 1. The summed E-state index contributed by atoms with van der Waals surface area (Å²) in [5, 5.41) is 10.5. The quantitative estimate of drug-likeness (QED) is 0.837. The zero-order valence-corrected chi connectivity index (χ0v) is 15.1. The summed E-state index contributed by atoms with van der Waals surface area (Å²) in [5.74, 6) is 0.734. The molecule has 1 saturated carbocycles. The number of sulfonamides is 1. The van der Waals surface area contributed by atoms with E-state index in [9.17, 15) is 13.5 Å². The Labute approximate surface area is 140 Å². The van der Waals surface area contributed by atoms with Crippen molar-refractivity contribution in [2.75, 3.05) is 6.54 Å². The van der Waals surface area contributed by atoms with Crippen molar-refractivity contribution in [1.82, 2.24) is 4.72 Å². The SMILES string of the molecule is CC(CNS(=O)(=O)C(C)C)C1CCC(O)(c2ccccc2)CC1. The maximum Gasteiger partial charge on any atom is 0.213 e. The lowest BCUT2D eigenvalue weighted by Crippen LogP contribution is -2.38. The molecule has 0 bridgehead atoms. The number of rotatable bonds is 6. The Kier molecular flexibility index (Phi) is 5.87. The second-order valence-corrected chi connectivity index (χ2v) is 9.48. The minimum absolute atomic E-state index is 0.281. The van der Waals surface area contributed by atoms with E-state index in [1.165, 1.54) is 0 Å². The molecule has 1 fully saturated rings. The van der Waals surface area contributed by atoms with E-state index in [4.69, 9.17) is 0 Å². The summed E-state index contributed by atoms with van der Waals surface area (Å²) in [5.41, 5.74) is 0.265. The van der Waals surface area contributed by atoms with Gasteiger partial charge in [0.15, 0.2) is 0 Å². The number of hydrogen-bond donors (Lipinski definition) is 2. The molecule has 1 aromatic carbocycles. The Hall–Kier alpha value is -0.910. The van der Waals surface area contributed by atoms with Crippen LogP contribution in [0, 0.1) is 11.8 Å². The summed E-state index contributed by atoms with van der Waals surface area (Å²) >= 11 is 0. The van der Waals surface area contributed by atoms with Gasteiger partial charge < -0.3 is 5.11 Å². The zero-order valence-electron chi connectivity index (χ0n) is 14.3. The summed E-state index contributed by atoms with van der Waals surface area (Å²) < 4.78 is 26.4. The van der Waals surface area contributed by atoms with Crippen LogP contribution < -0.4 is 4.72 Å². The van der Waals surface area contributed by atoms with Crippen LogP contribution in [0.15, 0.2) is 30.3 Å². The fourth-order valence-electron chi connectivity index (χ4n) is 3.30. The molecule has 2 N–H and O–H groups in total. The monoisotopic (exact) mass is 339 g/mol. The van der Waals surface area contributed by atoms with Crippen LogP contribution in [-0.2, 0) is 15.6 Å². The molecule has 1 aromatic rings. The van der Waals surface area contributed by atoms with Gasteiger partial charge in [0.25, 0.3) is 0 Å².